The second kappa shape index (κ2) is 16.3. The number of fused-ring (bicyclic) bond motifs is 8. The second-order valence-corrected chi connectivity index (χ2v) is 15.0. The first-order valence-corrected chi connectivity index (χ1v) is 19.0. The molecular weight excluding hydrogens is 686 g/mol. The van der Waals surface area contributed by atoms with Gasteiger partial charge in [-0.3, -0.25) is 9.78 Å². The molecule has 3 aromatic heterocycles. The Morgan fingerprint density at radius 3 is 2.37 bits per heavy atom. The van der Waals surface area contributed by atoms with E-state index in [1.165, 1.54) is 11.1 Å². The van der Waals surface area contributed by atoms with Crippen LogP contribution in [0, 0.1) is 20.8 Å². The van der Waals surface area contributed by atoms with Crippen LogP contribution in [0.25, 0.3) is 39.3 Å². The van der Waals surface area contributed by atoms with Gasteiger partial charge in [0.25, 0.3) is 0 Å². The molecule has 0 unspecified atom stereocenters. The SMILES string of the molecule is C=Cc1c(C)c2cc3nc(c(C)c4cc(C)c(cc5nc(cc1[nH]2)C(C)=C5CC)[nH]4)[C@@H](CCC(=O)N(C)CCCO[C@@H]1O[C@H](CO)[C@@H](O)[C@H](O)[C@H]1O)[C@@H]3C. The first-order chi connectivity index (χ1) is 25.8. The van der Waals surface area contributed by atoms with Gasteiger partial charge in [-0.1, -0.05) is 26.5 Å². The number of aryl methyl sites for hydroxylation is 3. The van der Waals surface area contributed by atoms with Crippen LogP contribution in [0.3, 0.4) is 0 Å². The van der Waals surface area contributed by atoms with E-state index >= 15 is 0 Å². The molecule has 54 heavy (non-hydrogen) atoms. The van der Waals surface area contributed by atoms with Crippen LogP contribution in [-0.2, 0) is 14.3 Å². The largest absolute Gasteiger partial charge is 0.394 e. The zero-order valence-electron chi connectivity index (χ0n) is 32.4. The van der Waals surface area contributed by atoms with Crippen molar-refractivity contribution in [3.8, 4) is 0 Å². The van der Waals surface area contributed by atoms with E-state index in [1.807, 2.05) is 6.08 Å². The smallest absolute Gasteiger partial charge is 0.222 e. The summed E-state index contributed by atoms with van der Waals surface area (Å²) < 4.78 is 11.0. The number of hydrogen-bond acceptors (Lipinski definition) is 9. The van der Waals surface area contributed by atoms with Gasteiger partial charge in [-0.2, -0.15) is 0 Å². The highest BCUT2D eigenvalue weighted by atomic mass is 16.7. The van der Waals surface area contributed by atoms with Crippen LogP contribution in [0.4, 0.5) is 0 Å². The van der Waals surface area contributed by atoms with Crippen LogP contribution < -0.4 is 0 Å². The number of carbonyl (C=O) groups excluding carboxylic acids is 1. The van der Waals surface area contributed by atoms with Gasteiger partial charge in [0.15, 0.2) is 6.29 Å². The zero-order valence-corrected chi connectivity index (χ0v) is 32.4. The topological polar surface area (TPSA) is 177 Å². The van der Waals surface area contributed by atoms with E-state index < -0.39 is 37.3 Å². The predicted octanol–water partition coefficient (Wildman–Crippen LogP) is 5.56. The van der Waals surface area contributed by atoms with Crippen LogP contribution >= 0.6 is 0 Å². The van der Waals surface area contributed by atoms with Gasteiger partial charge in [-0.15, -0.1) is 0 Å². The maximum Gasteiger partial charge on any atom is 0.222 e. The third-order valence-electron chi connectivity index (χ3n) is 11.5. The average molecular weight is 742 g/mol. The number of hydrogen-bond donors (Lipinski definition) is 6. The Kier molecular flexibility index (Phi) is 11.9. The molecule has 12 nitrogen and oxygen atoms in total. The summed E-state index contributed by atoms with van der Waals surface area (Å²) in [7, 11) is 1.76. The number of ether oxygens (including phenoxy) is 2. The number of rotatable bonds is 11. The summed E-state index contributed by atoms with van der Waals surface area (Å²) in [5.41, 5.74) is 14.4. The summed E-state index contributed by atoms with van der Waals surface area (Å²) in [6, 6.07) is 8.57. The molecule has 1 amide bonds. The molecule has 0 spiro atoms. The maximum absolute atomic E-state index is 13.5. The van der Waals surface area contributed by atoms with Gasteiger partial charge in [0.2, 0.25) is 5.91 Å². The highest BCUT2D eigenvalue weighted by Crippen LogP contribution is 2.42. The van der Waals surface area contributed by atoms with Crippen molar-refractivity contribution in [1.82, 2.24) is 24.8 Å². The lowest BCUT2D eigenvalue weighted by molar-refractivity contribution is -0.301. The lowest BCUT2D eigenvalue weighted by Gasteiger charge is -2.39. The Balaban J connectivity index is 1.27. The Bertz CT molecular complexity index is 2100. The van der Waals surface area contributed by atoms with Crippen molar-refractivity contribution in [3.63, 3.8) is 0 Å². The lowest BCUT2D eigenvalue weighted by Crippen LogP contribution is -2.59. The number of aliphatic hydroxyl groups is 4. The summed E-state index contributed by atoms with van der Waals surface area (Å²) in [5, 5.41) is 39.7. The summed E-state index contributed by atoms with van der Waals surface area (Å²) in [6.45, 7) is 16.9. The third-order valence-corrected chi connectivity index (χ3v) is 11.5. The van der Waals surface area contributed by atoms with Crippen molar-refractivity contribution in [2.75, 3.05) is 26.8 Å². The molecule has 6 rings (SSSR count). The van der Waals surface area contributed by atoms with Gasteiger partial charge in [0.05, 0.1) is 24.6 Å². The van der Waals surface area contributed by atoms with Gasteiger partial charge >= 0.3 is 0 Å². The average Bonchev–Trinajstić information content (AvgIpc) is 3.86. The summed E-state index contributed by atoms with van der Waals surface area (Å²) in [5.74, 6) is 0.0476. The predicted molar refractivity (Wildman–Crippen MR) is 210 cm³/mol. The Hall–Kier alpha value is -4.17. The molecule has 8 bridgehead atoms. The van der Waals surface area contributed by atoms with Gasteiger partial charge in [0, 0.05) is 70.9 Å². The molecule has 12 heteroatoms. The first kappa shape index (κ1) is 39.5. The van der Waals surface area contributed by atoms with Crippen LogP contribution in [-0.4, -0.2) is 109 Å². The first-order valence-electron chi connectivity index (χ1n) is 19.0. The molecule has 290 valence electrons. The molecule has 1 fully saturated rings. The number of amides is 1. The minimum absolute atomic E-state index is 0.00300. The molecule has 0 aromatic carbocycles. The van der Waals surface area contributed by atoms with Crippen molar-refractivity contribution in [1.29, 1.82) is 0 Å². The van der Waals surface area contributed by atoms with Crippen LogP contribution in [0.2, 0.25) is 0 Å². The van der Waals surface area contributed by atoms with Gasteiger partial charge in [0.1, 0.15) is 24.4 Å². The fourth-order valence-corrected chi connectivity index (χ4v) is 7.97. The maximum atomic E-state index is 13.5. The van der Waals surface area contributed by atoms with Gasteiger partial charge in [-0.25, -0.2) is 4.98 Å². The molecule has 0 saturated carbocycles. The number of nitrogens with one attached hydrogen (secondary N) is 2. The standard InChI is InChI=1S/C42H55N5O7/c1-9-26-23(5)32-19-35-27(10-2)22(4)31(44-35)18-33-24(6)28(38(46-33)25(7)30-16-21(3)29(43-30)17-34(26)45-32)12-13-37(49)47(8)14-11-15-53-42-41(52)40(51)39(50)36(20-48)54-42/h10,16-19,24,28,36,39-44,48,50-52H,2,9,11-15,20H2,1,3-8H3/t24-,28-,36+,39+,40-,41+,42+/m0/s1. The van der Waals surface area contributed by atoms with E-state index in [0.717, 1.165) is 73.5 Å². The molecule has 7 atom stereocenters. The Morgan fingerprint density at radius 1 is 0.963 bits per heavy atom. The molecule has 0 aliphatic carbocycles. The van der Waals surface area contributed by atoms with E-state index in [1.54, 1.807) is 11.9 Å². The summed E-state index contributed by atoms with van der Waals surface area (Å²) in [4.78, 5) is 32.8. The molecule has 3 aliphatic heterocycles. The Morgan fingerprint density at radius 2 is 1.67 bits per heavy atom. The number of aromatic nitrogens is 4. The molecule has 0 radical (unpaired) electrons. The van der Waals surface area contributed by atoms with E-state index in [0.29, 0.717) is 25.8 Å². The molecule has 1 saturated heterocycles. The fraction of sp³-hybridized carbons (Fsp3) is 0.500. The molecule has 3 aromatic rings. The highest BCUT2D eigenvalue weighted by Gasteiger charge is 2.44. The molecular formula is C42H55N5O7. The minimum atomic E-state index is -1.50. The van der Waals surface area contributed by atoms with E-state index in [9.17, 15) is 25.2 Å². The fourth-order valence-electron chi connectivity index (χ4n) is 7.97. The van der Waals surface area contributed by atoms with Crippen molar-refractivity contribution in [2.45, 2.75) is 110 Å². The number of allylic oxidation sites excluding steroid dienone is 2. The van der Waals surface area contributed by atoms with E-state index in [2.05, 4.69) is 82.4 Å². The number of carbonyl (C=O) groups is 1. The van der Waals surface area contributed by atoms with Gasteiger partial charge < -0.3 is 44.8 Å². The Labute approximate surface area is 316 Å². The third kappa shape index (κ3) is 7.56. The molecule has 3 aliphatic rings. The molecule has 6 heterocycles. The van der Waals surface area contributed by atoms with Gasteiger partial charge in [-0.05, 0) is 99.1 Å². The number of H-pyrrole nitrogens is 2. The minimum Gasteiger partial charge on any atom is -0.394 e. The van der Waals surface area contributed by atoms with E-state index in [4.69, 9.17) is 19.4 Å². The molecule has 6 N–H and O–H groups in total. The lowest BCUT2D eigenvalue weighted by atomic mass is 9.86. The van der Waals surface area contributed by atoms with Crippen LogP contribution in [0.1, 0.15) is 103 Å². The van der Waals surface area contributed by atoms with Crippen molar-refractivity contribution < 1.29 is 34.7 Å². The van der Waals surface area contributed by atoms with Crippen molar-refractivity contribution >= 4 is 45.2 Å². The number of aliphatic hydroxyl groups excluding tert-OH is 4. The second-order valence-electron chi connectivity index (χ2n) is 15.0. The quantitative estimate of drug-likeness (QED) is 0.138. The zero-order chi connectivity index (χ0) is 39.0. The monoisotopic (exact) mass is 741 g/mol. The van der Waals surface area contributed by atoms with Crippen molar-refractivity contribution in [3.05, 3.63) is 75.9 Å². The van der Waals surface area contributed by atoms with E-state index in [-0.39, 0.29) is 24.3 Å². The summed E-state index contributed by atoms with van der Waals surface area (Å²) >= 11 is 0. The number of aromatic amines is 2. The normalized spacial score (nSPS) is 24.2. The van der Waals surface area contributed by atoms with Crippen molar-refractivity contribution in [2.24, 2.45) is 0 Å². The number of nitrogens with zero attached hydrogens (tertiary/aromatic N) is 3. The van der Waals surface area contributed by atoms with Crippen LogP contribution in [0.5, 0.6) is 0 Å². The van der Waals surface area contributed by atoms with Crippen LogP contribution in [0.15, 0.2) is 30.8 Å². The highest BCUT2D eigenvalue weighted by molar-refractivity contribution is 5.93. The summed E-state index contributed by atoms with van der Waals surface area (Å²) in [6.07, 6.45) is -2.50.